The maximum atomic E-state index is 12.8. The third-order valence-corrected chi connectivity index (χ3v) is 4.64. The van der Waals surface area contributed by atoms with Gasteiger partial charge in [-0.2, -0.15) is 0 Å². The van der Waals surface area contributed by atoms with Crippen LogP contribution < -0.4 is 4.74 Å². The number of carbonyl (C=O) groups excluding carboxylic acids is 2. The molecule has 0 spiro atoms. The van der Waals surface area contributed by atoms with Crippen LogP contribution in [0.2, 0.25) is 0 Å². The van der Waals surface area contributed by atoms with Crippen molar-refractivity contribution >= 4 is 12.2 Å². The van der Waals surface area contributed by atoms with E-state index in [9.17, 15) is 14.7 Å². The number of nitrogens with zero attached hydrogens (tertiary/aromatic N) is 2. The molecule has 1 saturated heterocycles. The number of hydrogen-bond acceptors (Lipinski definition) is 5. The first-order chi connectivity index (χ1) is 12.6. The number of aldehydes is 1. The molecule has 1 amide bonds. The van der Waals surface area contributed by atoms with Gasteiger partial charge < -0.3 is 14.7 Å². The van der Waals surface area contributed by atoms with Crippen molar-refractivity contribution in [1.29, 1.82) is 0 Å². The van der Waals surface area contributed by atoms with Crippen LogP contribution in [0.1, 0.15) is 45.7 Å². The highest BCUT2D eigenvalue weighted by Crippen LogP contribution is 2.27. The Morgan fingerprint density at radius 1 is 1.35 bits per heavy atom. The van der Waals surface area contributed by atoms with Gasteiger partial charge in [-0.3, -0.25) is 14.6 Å². The second-order valence-corrected chi connectivity index (χ2v) is 6.45. The summed E-state index contributed by atoms with van der Waals surface area (Å²) in [5.41, 5.74) is 1.56. The SMILES string of the molecule is Cc1ccc(C(=O)N2CCCCC2COc2cccc(O)c2C=O)cn1. The van der Waals surface area contributed by atoms with E-state index in [0.717, 1.165) is 25.0 Å². The molecule has 2 heterocycles. The predicted molar refractivity (Wildman–Crippen MR) is 96.6 cm³/mol. The zero-order valence-electron chi connectivity index (χ0n) is 14.7. The molecule has 0 aliphatic carbocycles. The maximum absolute atomic E-state index is 12.8. The number of benzene rings is 1. The lowest BCUT2D eigenvalue weighted by atomic mass is 10.0. The zero-order chi connectivity index (χ0) is 18.5. The number of likely N-dealkylation sites (tertiary alicyclic amines) is 1. The fourth-order valence-electron chi connectivity index (χ4n) is 3.16. The summed E-state index contributed by atoms with van der Waals surface area (Å²) in [4.78, 5) is 30.0. The van der Waals surface area contributed by atoms with Crippen LogP contribution in [-0.4, -0.2) is 46.4 Å². The third-order valence-electron chi connectivity index (χ3n) is 4.64. The van der Waals surface area contributed by atoms with Crippen molar-refractivity contribution in [3.05, 3.63) is 53.3 Å². The monoisotopic (exact) mass is 354 g/mol. The molecule has 1 unspecified atom stereocenters. The van der Waals surface area contributed by atoms with E-state index in [1.54, 1.807) is 24.4 Å². The molecule has 1 N–H and O–H groups in total. The number of amides is 1. The van der Waals surface area contributed by atoms with Crippen molar-refractivity contribution in [3.63, 3.8) is 0 Å². The van der Waals surface area contributed by atoms with E-state index in [-0.39, 0.29) is 29.9 Å². The minimum absolute atomic E-state index is 0.0580. The molecule has 3 rings (SSSR count). The standard InChI is InChI=1S/C20H22N2O4/c1-14-8-9-15(11-21-14)20(25)22-10-3-2-5-16(22)13-26-19-7-4-6-18(24)17(19)12-23/h4,6-9,11-12,16,24H,2-3,5,10,13H2,1H3. The van der Waals surface area contributed by atoms with Gasteiger partial charge in [-0.1, -0.05) is 6.07 Å². The Hall–Kier alpha value is -2.89. The van der Waals surface area contributed by atoms with Crippen LogP contribution in [0.25, 0.3) is 0 Å². The van der Waals surface area contributed by atoms with E-state index in [0.29, 0.717) is 24.1 Å². The second kappa shape index (κ2) is 7.99. The van der Waals surface area contributed by atoms with Gasteiger partial charge in [0.25, 0.3) is 5.91 Å². The maximum Gasteiger partial charge on any atom is 0.255 e. The summed E-state index contributed by atoms with van der Waals surface area (Å²) in [7, 11) is 0. The molecule has 26 heavy (non-hydrogen) atoms. The number of piperidine rings is 1. The first-order valence-corrected chi connectivity index (χ1v) is 8.73. The topological polar surface area (TPSA) is 79.7 Å². The van der Waals surface area contributed by atoms with Gasteiger partial charge in [-0.05, 0) is 50.5 Å². The summed E-state index contributed by atoms with van der Waals surface area (Å²) in [5, 5.41) is 9.76. The number of carbonyl (C=O) groups is 2. The second-order valence-electron chi connectivity index (χ2n) is 6.45. The summed E-state index contributed by atoms with van der Waals surface area (Å²) in [6, 6.07) is 8.24. The van der Waals surface area contributed by atoms with E-state index in [1.807, 2.05) is 17.9 Å². The van der Waals surface area contributed by atoms with Crippen LogP contribution in [0.4, 0.5) is 0 Å². The van der Waals surface area contributed by atoms with E-state index in [2.05, 4.69) is 4.98 Å². The number of aromatic hydroxyl groups is 1. The summed E-state index contributed by atoms with van der Waals surface area (Å²) in [6.45, 7) is 2.82. The highest BCUT2D eigenvalue weighted by molar-refractivity contribution is 5.94. The third kappa shape index (κ3) is 3.85. The zero-order valence-corrected chi connectivity index (χ0v) is 14.7. The lowest BCUT2D eigenvalue weighted by molar-refractivity contribution is 0.0526. The number of ether oxygens (including phenoxy) is 1. The van der Waals surface area contributed by atoms with Gasteiger partial charge >= 0.3 is 0 Å². The van der Waals surface area contributed by atoms with Crippen LogP contribution >= 0.6 is 0 Å². The van der Waals surface area contributed by atoms with Gasteiger partial charge in [0.05, 0.1) is 17.2 Å². The Morgan fingerprint density at radius 2 is 2.19 bits per heavy atom. The van der Waals surface area contributed by atoms with Gasteiger partial charge in [0, 0.05) is 18.4 Å². The highest BCUT2D eigenvalue weighted by Gasteiger charge is 2.28. The first-order valence-electron chi connectivity index (χ1n) is 8.73. The van der Waals surface area contributed by atoms with Gasteiger partial charge in [0.2, 0.25) is 0 Å². The molecule has 2 aromatic rings. The van der Waals surface area contributed by atoms with Crippen LogP contribution in [0.3, 0.4) is 0 Å². The lowest BCUT2D eigenvalue weighted by Crippen LogP contribution is -2.46. The normalized spacial score (nSPS) is 17.0. The highest BCUT2D eigenvalue weighted by atomic mass is 16.5. The largest absolute Gasteiger partial charge is 0.507 e. The molecular formula is C20H22N2O4. The molecule has 136 valence electrons. The molecule has 1 aromatic heterocycles. The molecule has 1 aliphatic rings. The number of aryl methyl sites for hydroxylation is 1. The molecule has 1 aliphatic heterocycles. The van der Waals surface area contributed by atoms with E-state index < -0.39 is 0 Å². The molecule has 6 heteroatoms. The van der Waals surface area contributed by atoms with Crippen LogP contribution in [0.5, 0.6) is 11.5 Å². The molecule has 0 radical (unpaired) electrons. The molecule has 0 bridgehead atoms. The fraction of sp³-hybridized carbons (Fsp3) is 0.350. The van der Waals surface area contributed by atoms with Crippen molar-refractivity contribution < 1.29 is 19.4 Å². The Morgan fingerprint density at radius 3 is 2.92 bits per heavy atom. The van der Waals surface area contributed by atoms with Crippen LogP contribution in [0.15, 0.2) is 36.5 Å². The lowest BCUT2D eigenvalue weighted by Gasteiger charge is -2.35. The fourth-order valence-corrected chi connectivity index (χ4v) is 3.16. The number of pyridine rings is 1. The Labute approximate surface area is 152 Å². The number of phenols is 1. The first kappa shape index (κ1) is 17.9. The van der Waals surface area contributed by atoms with Crippen LogP contribution in [-0.2, 0) is 0 Å². The number of phenolic OH excluding ortho intramolecular Hbond substituents is 1. The molecule has 1 aromatic carbocycles. The average molecular weight is 354 g/mol. The molecule has 1 fully saturated rings. The van der Waals surface area contributed by atoms with E-state index in [4.69, 9.17) is 4.74 Å². The number of hydrogen-bond donors (Lipinski definition) is 1. The molecule has 6 nitrogen and oxygen atoms in total. The summed E-state index contributed by atoms with van der Waals surface area (Å²) in [5.74, 6) is 0.159. The van der Waals surface area contributed by atoms with Crippen molar-refractivity contribution in [3.8, 4) is 11.5 Å². The Kier molecular flexibility index (Phi) is 5.51. The van der Waals surface area contributed by atoms with Crippen molar-refractivity contribution in [2.24, 2.45) is 0 Å². The molecule has 0 saturated carbocycles. The van der Waals surface area contributed by atoms with Gasteiger partial charge in [-0.25, -0.2) is 0 Å². The Bertz CT molecular complexity index is 789. The average Bonchev–Trinajstić information content (AvgIpc) is 2.66. The van der Waals surface area contributed by atoms with Gasteiger partial charge in [-0.15, -0.1) is 0 Å². The van der Waals surface area contributed by atoms with Crippen molar-refractivity contribution in [2.45, 2.75) is 32.2 Å². The summed E-state index contributed by atoms with van der Waals surface area (Å²) in [6.07, 6.45) is 4.98. The Balaban J connectivity index is 1.73. The molecular weight excluding hydrogens is 332 g/mol. The molecule has 1 atom stereocenters. The predicted octanol–water partition coefficient (Wildman–Crippen LogP) is 2.98. The van der Waals surface area contributed by atoms with E-state index in [1.165, 1.54) is 6.07 Å². The summed E-state index contributed by atoms with van der Waals surface area (Å²) < 4.78 is 5.78. The van der Waals surface area contributed by atoms with Gasteiger partial charge in [0.15, 0.2) is 6.29 Å². The smallest absolute Gasteiger partial charge is 0.255 e. The minimum Gasteiger partial charge on any atom is -0.507 e. The van der Waals surface area contributed by atoms with Crippen molar-refractivity contribution in [1.82, 2.24) is 9.88 Å². The van der Waals surface area contributed by atoms with Gasteiger partial charge in [0.1, 0.15) is 18.1 Å². The van der Waals surface area contributed by atoms with Crippen LogP contribution in [0, 0.1) is 6.92 Å². The number of aromatic nitrogens is 1. The quantitative estimate of drug-likeness (QED) is 0.835. The minimum atomic E-state index is -0.111. The number of rotatable bonds is 5. The van der Waals surface area contributed by atoms with Crippen molar-refractivity contribution in [2.75, 3.05) is 13.2 Å². The van der Waals surface area contributed by atoms with E-state index >= 15 is 0 Å². The summed E-state index contributed by atoms with van der Waals surface area (Å²) >= 11 is 0.